The van der Waals surface area contributed by atoms with Crippen molar-refractivity contribution < 1.29 is 26.4 Å². The van der Waals surface area contributed by atoms with E-state index in [1.54, 1.807) is 0 Å². The largest absolute Gasteiger partial charge is 0.322 e. The Morgan fingerprint density at radius 1 is 1.08 bits per heavy atom. The number of halogens is 3. The Hall–Kier alpha value is -2.43. The number of carbonyl (C=O) groups excluding carboxylic acids is 1. The maximum absolute atomic E-state index is 13.6. The molecule has 2 rings (SSSR count). The third-order valence-electron chi connectivity index (χ3n) is 3.55. The maximum Gasteiger partial charge on any atom is 0.241 e. The lowest BCUT2D eigenvalue weighted by Gasteiger charge is -2.15. The fraction of sp³-hybridized carbons (Fsp3) is 0.188. The van der Waals surface area contributed by atoms with Gasteiger partial charge in [0.15, 0.2) is 17.5 Å². The Kier molecular flexibility index (Phi) is 6.01. The first kappa shape index (κ1) is 19.9. The number of nitrogens with one attached hydrogen (secondary N) is 2. The number of carbonyl (C=O) groups is 1. The molecule has 0 aliphatic carbocycles. The van der Waals surface area contributed by atoms with E-state index in [4.69, 9.17) is 5.14 Å². The minimum atomic E-state index is -3.79. The number of primary sulfonamides is 1. The molecular formula is C16H16F3N3O3S. The van der Waals surface area contributed by atoms with Crippen molar-refractivity contribution >= 4 is 21.6 Å². The van der Waals surface area contributed by atoms with Gasteiger partial charge in [-0.2, -0.15) is 0 Å². The van der Waals surface area contributed by atoms with Crippen molar-refractivity contribution in [3.8, 4) is 0 Å². The van der Waals surface area contributed by atoms with Gasteiger partial charge in [-0.05, 0) is 36.8 Å². The summed E-state index contributed by atoms with van der Waals surface area (Å²) >= 11 is 0. The molecule has 0 unspecified atom stereocenters. The van der Waals surface area contributed by atoms with E-state index in [1.807, 2.05) is 0 Å². The first-order chi connectivity index (χ1) is 12.1. The molecule has 10 heteroatoms. The van der Waals surface area contributed by atoms with E-state index < -0.39 is 45.1 Å². The first-order valence-corrected chi connectivity index (χ1v) is 8.93. The Balaban J connectivity index is 1.96. The highest BCUT2D eigenvalue weighted by atomic mass is 32.2. The van der Waals surface area contributed by atoms with Gasteiger partial charge in [-0.1, -0.05) is 12.1 Å². The van der Waals surface area contributed by atoms with Crippen LogP contribution >= 0.6 is 0 Å². The van der Waals surface area contributed by atoms with E-state index >= 15 is 0 Å². The summed E-state index contributed by atoms with van der Waals surface area (Å²) in [4.78, 5) is 12.0. The van der Waals surface area contributed by atoms with Crippen molar-refractivity contribution in [3.05, 3.63) is 59.4 Å². The predicted octanol–water partition coefficient (Wildman–Crippen LogP) is 1.87. The van der Waals surface area contributed by atoms with Crippen LogP contribution in [0.15, 0.2) is 41.3 Å². The smallest absolute Gasteiger partial charge is 0.241 e. The maximum atomic E-state index is 13.6. The van der Waals surface area contributed by atoms with Crippen LogP contribution < -0.4 is 15.8 Å². The predicted molar refractivity (Wildman–Crippen MR) is 89.1 cm³/mol. The number of benzene rings is 2. The number of sulfonamides is 1. The molecule has 0 aliphatic heterocycles. The fourth-order valence-electron chi connectivity index (χ4n) is 2.02. The van der Waals surface area contributed by atoms with E-state index in [9.17, 15) is 26.4 Å². The molecular weight excluding hydrogens is 371 g/mol. The van der Waals surface area contributed by atoms with Crippen LogP contribution in [-0.4, -0.2) is 20.4 Å². The van der Waals surface area contributed by atoms with Crippen LogP contribution in [0.2, 0.25) is 0 Å². The third kappa shape index (κ3) is 4.81. The van der Waals surface area contributed by atoms with Crippen LogP contribution in [0.1, 0.15) is 12.5 Å². The molecule has 0 bridgehead atoms. The van der Waals surface area contributed by atoms with Gasteiger partial charge >= 0.3 is 0 Å². The van der Waals surface area contributed by atoms with E-state index in [-0.39, 0.29) is 11.4 Å². The fourth-order valence-corrected chi connectivity index (χ4v) is 2.54. The lowest BCUT2D eigenvalue weighted by atomic mass is 10.2. The molecule has 6 nitrogen and oxygen atoms in total. The van der Waals surface area contributed by atoms with Crippen molar-refractivity contribution in [3.63, 3.8) is 0 Å². The molecule has 2 aromatic rings. The molecule has 0 radical (unpaired) electrons. The molecule has 0 spiro atoms. The number of amides is 1. The van der Waals surface area contributed by atoms with E-state index in [0.717, 1.165) is 6.07 Å². The van der Waals surface area contributed by atoms with Gasteiger partial charge < -0.3 is 10.6 Å². The highest BCUT2D eigenvalue weighted by molar-refractivity contribution is 7.89. The summed E-state index contributed by atoms with van der Waals surface area (Å²) in [6.07, 6.45) is 0. The summed E-state index contributed by atoms with van der Waals surface area (Å²) < 4.78 is 62.0. The minimum absolute atomic E-state index is 0.0409. The van der Waals surface area contributed by atoms with E-state index in [1.165, 1.54) is 31.2 Å². The monoisotopic (exact) mass is 387 g/mol. The van der Waals surface area contributed by atoms with Gasteiger partial charge in [0.05, 0.1) is 16.6 Å². The van der Waals surface area contributed by atoms with Gasteiger partial charge in [0, 0.05) is 6.54 Å². The van der Waals surface area contributed by atoms with Crippen LogP contribution in [0.25, 0.3) is 0 Å². The standard InChI is InChI=1S/C16H16F3N3O3S/c1-9(16(23)22-13-7-6-12(17)14(18)15(13)19)21-8-10-2-4-11(5-3-10)26(20,24)25/h2-7,9,21H,8H2,1H3,(H,22,23)(H2,20,24,25)/t9-/m1/s1. The number of hydrogen-bond acceptors (Lipinski definition) is 4. The molecule has 4 N–H and O–H groups in total. The van der Waals surface area contributed by atoms with Gasteiger partial charge in [0.25, 0.3) is 0 Å². The number of rotatable bonds is 6. The van der Waals surface area contributed by atoms with Crippen LogP contribution in [0, 0.1) is 17.5 Å². The number of anilines is 1. The summed E-state index contributed by atoms with van der Waals surface area (Å²) in [5.41, 5.74) is 0.205. The second kappa shape index (κ2) is 7.85. The Morgan fingerprint density at radius 3 is 2.27 bits per heavy atom. The molecule has 1 amide bonds. The lowest BCUT2D eigenvalue weighted by molar-refractivity contribution is -0.117. The first-order valence-electron chi connectivity index (χ1n) is 7.39. The Labute approximate surface area is 148 Å². The molecule has 0 fully saturated rings. The van der Waals surface area contributed by atoms with Crippen molar-refractivity contribution in [1.82, 2.24) is 5.32 Å². The van der Waals surface area contributed by atoms with Gasteiger partial charge in [-0.15, -0.1) is 0 Å². The SMILES string of the molecule is C[C@@H](NCc1ccc(S(N)(=O)=O)cc1)C(=O)Nc1ccc(F)c(F)c1F. The van der Waals surface area contributed by atoms with Crippen LogP contribution in [0.5, 0.6) is 0 Å². The van der Waals surface area contributed by atoms with E-state index in [2.05, 4.69) is 10.6 Å². The van der Waals surface area contributed by atoms with Crippen molar-refractivity contribution in [2.24, 2.45) is 5.14 Å². The topological polar surface area (TPSA) is 101 Å². The number of hydrogen-bond donors (Lipinski definition) is 3. The highest BCUT2D eigenvalue weighted by Gasteiger charge is 2.18. The van der Waals surface area contributed by atoms with Crippen molar-refractivity contribution in [2.75, 3.05) is 5.32 Å². The molecule has 0 saturated carbocycles. The van der Waals surface area contributed by atoms with Gasteiger partial charge in [0.2, 0.25) is 15.9 Å². The summed E-state index contributed by atoms with van der Waals surface area (Å²) in [6.45, 7) is 1.70. The van der Waals surface area contributed by atoms with Crippen LogP contribution in [-0.2, 0) is 21.4 Å². The molecule has 2 aromatic carbocycles. The second-order valence-corrected chi connectivity index (χ2v) is 7.07. The third-order valence-corrected chi connectivity index (χ3v) is 4.48. The average molecular weight is 387 g/mol. The molecule has 0 aliphatic rings. The quantitative estimate of drug-likeness (QED) is 0.659. The van der Waals surface area contributed by atoms with Gasteiger partial charge in [-0.3, -0.25) is 4.79 Å². The molecule has 140 valence electrons. The Bertz CT molecular complexity index is 918. The molecule has 0 heterocycles. The zero-order valence-corrected chi connectivity index (χ0v) is 14.4. The molecule has 26 heavy (non-hydrogen) atoms. The van der Waals surface area contributed by atoms with Crippen molar-refractivity contribution in [2.45, 2.75) is 24.4 Å². The minimum Gasteiger partial charge on any atom is -0.322 e. The summed E-state index contributed by atoms with van der Waals surface area (Å²) in [5.74, 6) is -5.16. The Morgan fingerprint density at radius 2 is 1.69 bits per heavy atom. The van der Waals surface area contributed by atoms with E-state index in [0.29, 0.717) is 11.6 Å². The zero-order valence-electron chi connectivity index (χ0n) is 13.6. The molecule has 1 atom stereocenters. The summed E-state index contributed by atoms with van der Waals surface area (Å²) in [6, 6.07) is 6.53. The number of nitrogens with two attached hydrogens (primary N) is 1. The zero-order chi connectivity index (χ0) is 19.5. The summed E-state index contributed by atoms with van der Waals surface area (Å²) in [7, 11) is -3.79. The highest BCUT2D eigenvalue weighted by Crippen LogP contribution is 2.19. The van der Waals surface area contributed by atoms with Gasteiger partial charge in [0.1, 0.15) is 0 Å². The lowest BCUT2D eigenvalue weighted by Crippen LogP contribution is -2.37. The molecule has 0 saturated heterocycles. The average Bonchev–Trinajstić information content (AvgIpc) is 2.59. The van der Waals surface area contributed by atoms with Crippen LogP contribution in [0.4, 0.5) is 18.9 Å². The normalized spacial score (nSPS) is 12.7. The van der Waals surface area contributed by atoms with Gasteiger partial charge in [-0.25, -0.2) is 26.7 Å². The summed E-state index contributed by atoms with van der Waals surface area (Å²) in [5, 5.41) is 10.0. The van der Waals surface area contributed by atoms with Crippen molar-refractivity contribution in [1.29, 1.82) is 0 Å². The second-order valence-electron chi connectivity index (χ2n) is 5.50. The van der Waals surface area contributed by atoms with Crippen LogP contribution in [0.3, 0.4) is 0 Å². The molecule has 0 aromatic heterocycles.